The zero-order valence-electron chi connectivity index (χ0n) is 19.8. The number of β-lactam (4-membered cyclic amide) rings is 1. The molecule has 34 heavy (non-hydrogen) atoms. The number of carbonyl (C=O) groups is 2. The van der Waals surface area contributed by atoms with Gasteiger partial charge in [-0.05, 0) is 62.1 Å². The fourth-order valence-electron chi connectivity index (χ4n) is 4.56. The van der Waals surface area contributed by atoms with Gasteiger partial charge >= 0.3 is 6.09 Å². The molecule has 0 radical (unpaired) electrons. The van der Waals surface area contributed by atoms with E-state index in [0.717, 1.165) is 24.5 Å². The minimum absolute atomic E-state index is 0.299. The molecule has 2 fully saturated rings. The van der Waals surface area contributed by atoms with Crippen molar-refractivity contribution < 1.29 is 23.9 Å². The third-order valence-electron chi connectivity index (χ3n) is 6.58. The van der Waals surface area contributed by atoms with E-state index in [-0.39, 0.29) is 11.9 Å². The smallest absolute Gasteiger partial charge is 0.407 e. The van der Waals surface area contributed by atoms with Gasteiger partial charge in [0.05, 0.1) is 12.6 Å². The average molecular weight is 467 g/mol. The molecule has 1 heterocycles. The molecule has 182 valence electrons. The number of unbranched alkanes of at least 4 members (excludes halogenated alkanes) is 1. The van der Waals surface area contributed by atoms with Crippen LogP contribution in [0.4, 0.5) is 4.79 Å². The van der Waals surface area contributed by atoms with Crippen LogP contribution < -0.4 is 14.9 Å². The first-order valence-electron chi connectivity index (χ1n) is 12.4. The minimum Gasteiger partial charge on any atom is -0.457 e. The van der Waals surface area contributed by atoms with Gasteiger partial charge in [-0.1, -0.05) is 56.7 Å². The molecule has 0 aromatic heterocycles. The highest BCUT2D eigenvalue weighted by Gasteiger charge is 2.48. The molecule has 1 aliphatic carbocycles. The summed E-state index contributed by atoms with van der Waals surface area (Å²) in [6.45, 7) is 2.20. The Morgan fingerprint density at radius 3 is 2.32 bits per heavy atom. The zero-order valence-corrected chi connectivity index (χ0v) is 19.8. The lowest BCUT2D eigenvalue weighted by Gasteiger charge is -2.43. The van der Waals surface area contributed by atoms with Crippen molar-refractivity contribution in [1.82, 2.24) is 10.4 Å². The lowest BCUT2D eigenvalue weighted by Crippen LogP contribution is -2.70. The number of hydrogen-bond donors (Lipinski definition) is 1. The maximum absolute atomic E-state index is 12.5. The fourth-order valence-corrected chi connectivity index (χ4v) is 4.56. The second-order valence-corrected chi connectivity index (χ2v) is 9.14. The van der Waals surface area contributed by atoms with Crippen LogP contribution in [0.25, 0.3) is 0 Å². The van der Waals surface area contributed by atoms with E-state index in [1.54, 1.807) is 24.3 Å². The summed E-state index contributed by atoms with van der Waals surface area (Å²) in [6.07, 6.45) is 9.36. The van der Waals surface area contributed by atoms with Gasteiger partial charge in [-0.25, -0.2) is 4.79 Å². The van der Waals surface area contributed by atoms with Crippen LogP contribution in [0.15, 0.2) is 54.6 Å². The van der Waals surface area contributed by atoms with E-state index in [1.807, 2.05) is 37.3 Å². The third kappa shape index (κ3) is 6.43. The number of carbonyl (C=O) groups excluding carboxylic acids is 2. The minimum atomic E-state index is -0.643. The van der Waals surface area contributed by atoms with Gasteiger partial charge in [0, 0.05) is 0 Å². The summed E-state index contributed by atoms with van der Waals surface area (Å²) in [6, 6.07) is 15.6. The SMILES string of the molecule is C[C@H]1[C@H](NC(=O)OCCCCC2CCCCC2)C(=O)N1Oc1ccc(Oc2ccccc2)cc1. The van der Waals surface area contributed by atoms with Gasteiger partial charge < -0.3 is 19.6 Å². The number of rotatable bonds is 10. The second kappa shape index (κ2) is 11.8. The Bertz CT molecular complexity index is 928. The third-order valence-corrected chi connectivity index (χ3v) is 6.58. The second-order valence-electron chi connectivity index (χ2n) is 9.14. The van der Waals surface area contributed by atoms with E-state index in [9.17, 15) is 9.59 Å². The number of ether oxygens (including phenoxy) is 2. The van der Waals surface area contributed by atoms with E-state index in [1.165, 1.54) is 43.6 Å². The van der Waals surface area contributed by atoms with Crippen LogP contribution >= 0.6 is 0 Å². The molecule has 1 saturated heterocycles. The molecule has 4 rings (SSSR count). The molecule has 0 bridgehead atoms. The van der Waals surface area contributed by atoms with E-state index in [2.05, 4.69) is 5.32 Å². The van der Waals surface area contributed by atoms with Crippen molar-refractivity contribution in [3.8, 4) is 17.2 Å². The predicted molar refractivity (Wildman–Crippen MR) is 129 cm³/mol. The van der Waals surface area contributed by atoms with Gasteiger partial charge in [0.1, 0.15) is 17.5 Å². The Morgan fingerprint density at radius 2 is 1.62 bits per heavy atom. The first-order valence-corrected chi connectivity index (χ1v) is 12.4. The number of benzene rings is 2. The van der Waals surface area contributed by atoms with Crippen LogP contribution in [0.3, 0.4) is 0 Å². The molecule has 1 aliphatic heterocycles. The molecule has 7 nitrogen and oxygen atoms in total. The number of hydrogen-bond acceptors (Lipinski definition) is 5. The molecular formula is C27H34N2O5. The summed E-state index contributed by atoms with van der Waals surface area (Å²) in [5.74, 6) is 2.47. The number of amides is 2. The first kappa shape index (κ1) is 23.9. The van der Waals surface area contributed by atoms with Crippen molar-refractivity contribution in [2.75, 3.05) is 6.61 Å². The van der Waals surface area contributed by atoms with Crippen molar-refractivity contribution in [2.24, 2.45) is 5.92 Å². The lowest BCUT2D eigenvalue weighted by molar-refractivity contribution is -0.194. The summed E-state index contributed by atoms with van der Waals surface area (Å²) in [5, 5.41) is 3.92. The number of nitrogens with one attached hydrogen (secondary N) is 1. The highest BCUT2D eigenvalue weighted by molar-refractivity contribution is 5.91. The molecule has 2 aromatic rings. The Balaban J connectivity index is 1.14. The Kier molecular flexibility index (Phi) is 8.28. The molecule has 0 unspecified atom stereocenters. The number of para-hydroxylation sites is 1. The van der Waals surface area contributed by atoms with Crippen LogP contribution in [0.1, 0.15) is 58.3 Å². The molecule has 2 amide bonds. The van der Waals surface area contributed by atoms with Crippen molar-refractivity contribution in [3.05, 3.63) is 54.6 Å². The van der Waals surface area contributed by atoms with Gasteiger partial charge in [-0.2, -0.15) is 5.06 Å². The normalized spacial score (nSPS) is 20.4. The van der Waals surface area contributed by atoms with Crippen molar-refractivity contribution in [1.29, 1.82) is 0 Å². The van der Waals surface area contributed by atoms with Crippen LogP contribution in [-0.4, -0.2) is 35.8 Å². The topological polar surface area (TPSA) is 77.1 Å². The zero-order chi connectivity index (χ0) is 23.8. The van der Waals surface area contributed by atoms with Crippen LogP contribution in [-0.2, 0) is 9.53 Å². The average Bonchev–Trinajstić information content (AvgIpc) is 2.87. The van der Waals surface area contributed by atoms with Crippen LogP contribution in [0, 0.1) is 5.92 Å². The van der Waals surface area contributed by atoms with E-state index < -0.39 is 12.1 Å². The van der Waals surface area contributed by atoms with Gasteiger partial charge in [-0.15, -0.1) is 0 Å². The monoisotopic (exact) mass is 466 g/mol. The molecule has 1 saturated carbocycles. The highest BCUT2D eigenvalue weighted by atomic mass is 16.7. The van der Waals surface area contributed by atoms with Gasteiger partial charge in [0.25, 0.3) is 5.91 Å². The maximum atomic E-state index is 12.5. The van der Waals surface area contributed by atoms with Crippen molar-refractivity contribution in [3.63, 3.8) is 0 Å². The van der Waals surface area contributed by atoms with E-state index in [4.69, 9.17) is 14.3 Å². The van der Waals surface area contributed by atoms with Gasteiger partial charge in [0.2, 0.25) is 0 Å². The van der Waals surface area contributed by atoms with E-state index in [0.29, 0.717) is 18.1 Å². The Hall–Kier alpha value is -3.22. The van der Waals surface area contributed by atoms with Crippen LogP contribution in [0.2, 0.25) is 0 Å². The van der Waals surface area contributed by atoms with Gasteiger partial charge in [-0.3, -0.25) is 4.79 Å². The molecule has 7 heteroatoms. The van der Waals surface area contributed by atoms with Crippen molar-refractivity contribution in [2.45, 2.75) is 70.4 Å². The first-order chi connectivity index (χ1) is 16.6. The molecule has 2 aromatic carbocycles. The predicted octanol–water partition coefficient (Wildman–Crippen LogP) is 5.85. The fraction of sp³-hybridized carbons (Fsp3) is 0.481. The van der Waals surface area contributed by atoms with E-state index >= 15 is 0 Å². The highest BCUT2D eigenvalue weighted by Crippen LogP contribution is 2.28. The summed E-state index contributed by atoms with van der Waals surface area (Å²) in [5.41, 5.74) is 0. The summed E-state index contributed by atoms with van der Waals surface area (Å²) in [4.78, 5) is 30.3. The lowest BCUT2D eigenvalue weighted by atomic mass is 9.86. The molecular weight excluding hydrogens is 432 g/mol. The molecule has 2 aliphatic rings. The maximum Gasteiger partial charge on any atom is 0.407 e. The number of hydroxylamine groups is 2. The molecule has 0 spiro atoms. The Morgan fingerprint density at radius 1 is 0.941 bits per heavy atom. The van der Waals surface area contributed by atoms with Gasteiger partial charge in [0.15, 0.2) is 5.75 Å². The molecule has 2 atom stereocenters. The van der Waals surface area contributed by atoms with Crippen molar-refractivity contribution >= 4 is 12.0 Å². The largest absolute Gasteiger partial charge is 0.457 e. The summed E-state index contributed by atoms with van der Waals surface area (Å²) >= 11 is 0. The molecule has 1 N–H and O–H groups in total. The summed E-state index contributed by atoms with van der Waals surface area (Å²) < 4.78 is 11.0. The quantitative estimate of drug-likeness (QED) is 0.351. The standard InChI is InChI=1S/C27H34N2O5/c1-20-25(28-27(31)32-19-9-8-12-21-10-4-2-5-11-21)26(30)29(20)34-24-17-15-23(16-18-24)33-22-13-6-3-7-14-22/h3,6-7,13-18,20-21,25H,2,4-5,8-12,19H2,1H3,(H,28,31)/t20-,25-/m0/s1. The number of alkyl carbamates (subject to hydrolysis) is 1. The number of nitrogens with zero attached hydrogens (tertiary/aromatic N) is 1. The Labute approximate surface area is 201 Å². The summed E-state index contributed by atoms with van der Waals surface area (Å²) in [7, 11) is 0. The van der Waals surface area contributed by atoms with Crippen LogP contribution in [0.5, 0.6) is 17.2 Å².